The molecule has 0 N–H and O–H groups in total. The molecule has 11 aromatic rings. The quantitative estimate of drug-likeness (QED) is 0.134. The highest BCUT2D eigenvalue weighted by Crippen LogP contribution is 2.48. The minimum Gasteiger partial charge on any atom is -0.309 e. The molecule has 1 nitrogen and oxygen atoms in total. The Balaban J connectivity index is 1.22. The summed E-state index contributed by atoms with van der Waals surface area (Å²) < 4.78 is 180. The molecule has 0 radical (unpaired) electrons. The van der Waals surface area contributed by atoms with Crippen molar-refractivity contribution in [2.45, 2.75) is 77.1 Å². The fourth-order valence-electron chi connectivity index (χ4n) is 11.3. The number of alkyl halides is 12. The van der Waals surface area contributed by atoms with E-state index >= 15 is 0 Å². The minimum atomic E-state index is -4.84. The second-order valence-electron chi connectivity index (χ2n) is 23.4. The van der Waals surface area contributed by atoms with Crippen LogP contribution in [0.2, 0.25) is 0 Å². The van der Waals surface area contributed by atoms with Crippen molar-refractivity contribution in [3.8, 4) is 83.6 Å². The molecule has 11 rings (SSSR count). The highest BCUT2D eigenvalue weighted by Gasteiger charge is 2.38. The third-order valence-corrected chi connectivity index (χ3v) is 15.6. The Kier molecular flexibility index (Phi) is 14.3. The van der Waals surface area contributed by atoms with Gasteiger partial charge in [-0.3, -0.25) is 0 Å². The van der Waals surface area contributed by atoms with E-state index in [2.05, 4.69) is 64.3 Å². The number of hydrogen-bond acceptors (Lipinski definition) is 0. The second-order valence-corrected chi connectivity index (χ2v) is 23.4. The lowest BCUT2D eigenvalue weighted by molar-refractivity contribution is -0.137. The van der Waals surface area contributed by atoms with Crippen LogP contribution in [0, 0.1) is 0 Å². The molecule has 0 bridgehead atoms. The van der Waals surface area contributed by atoms with E-state index in [0.717, 1.165) is 52.2 Å². The molecule has 0 aliphatic rings. The summed E-state index contributed by atoms with van der Waals surface area (Å²) >= 11 is 0. The number of nitrogens with zero attached hydrogens (tertiary/aromatic N) is 1. The van der Waals surface area contributed by atoms with Crippen LogP contribution in [-0.2, 0) is 35.5 Å². The van der Waals surface area contributed by atoms with Crippen molar-refractivity contribution in [2.75, 3.05) is 0 Å². The van der Waals surface area contributed by atoms with Gasteiger partial charge in [0.05, 0.1) is 39.0 Å². The molecule has 1 aromatic heterocycles. The monoisotopic (exact) mass is 1160 g/mol. The largest absolute Gasteiger partial charge is 0.417 e. The highest BCUT2D eigenvalue weighted by molar-refractivity contribution is 6.12. The van der Waals surface area contributed by atoms with Gasteiger partial charge in [0, 0.05) is 16.3 Å². The van der Waals surface area contributed by atoms with Crippen molar-refractivity contribution in [1.29, 1.82) is 0 Å². The molecule has 0 fully saturated rings. The van der Waals surface area contributed by atoms with Crippen LogP contribution in [0.4, 0.5) is 52.7 Å². The molecule has 10 aromatic carbocycles. The number of para-hydroxylation sites is 1. The van der Waals surface area contributed by atoms with Crippen molar-refractivity contribution in [1.82, 2.24) is 4.57 Å². The van der Waals surface area contributed by atoms with Gasteiger partial charge in [-0.2, -0.15) is 52.7 Å². The maximum absolute atomic E-state index is 14.8. The maximum Gasteiger partial charge on any atom is 0.417 e. The Morgan fingerprint density at radius 3 is 0.824 bits per heavy atom. The third-order valence-electron chi connectivity index (χ3n) is 15.6. The summed E-state index contributed by atoms with van der Waals surface area (Å²) in [6.07, 6.45) is -19.3. The van der Waals surface area contributed by atoms with Crippen molar-refractivity contribution >= 4 is 21.8 Å². The van der Waals surface area contributed by atoms with E-state index < -0.39 is 47.0 Å². The molecule has 0 spiro atoms. The first-order valence-corrected chi connectivity index (χ1v) is 27.2. The Morgan fingerprint density at radius 2 is 0.518 bits per heavy atom. The van der Waals surface area contributed by atoms with Crippen molar-refractivity contribution in [3.63, 3.8) is 0 Å². The SMILES string of the molecule is CC(C)(C)c1cc(-c2ccccc2-n2c3ccc(-c4cc(-c5ccccc5C(F)(F)F)cc(-c5ccccc5C(F)(F)F)c4)cc3c3cc(-c4cc(-c5ccccc5C(F)(F)F)cc(-c5ccccc5C(F)(F)F)c4)ccc32)cc(C(C)(C)C)c1. The fourth-order valence-corrected chi connectivity index (χ4v) is 11.3. The van der Waals surface area contributed by atoms with Crippen molar-refractivity contribution < 1.29 is 52.7 Å². The van der Waals surface area contributed by atoms with Crippen LogP contribution >= 0.6 is 0 Å². The average Bonchev–Trinajstić information content (AvgIpc) is 1.86. The van der Waals surface area contributed by atoms with Gasteiger partial charge < -0.3 is 4.57 Å². The molecule has 85 heavy (non-hydrogen) atoms. The van der Waals surface area contributed by atoms with Crippen LogP contribution < -0.4 is 0 Å². The lowest BCUT2D eigenvalue weighted by atomic mass is 9.79. The van der Waals surface area contributed by atoms with Gasteiger partial charge in [0.25, 0.3) is 0 Å². The molecule has 13 heteroatoms. The molecule has 1 heterocycles. The van der Waals surface area contributed by atoms with Gasteiger partial charge in [0.1, 0.15) is 0 Å². The Morgan fingerprint density at radius 1 is 0.247 bits per heavy atom. The van der Waals surface area contributed by atoms with E-state index in [0.29, 0.717) is 32.9 Å². The number of benzene rings is 10. The minimum absolute atomic E-state index is 0.00173. The predicted octanol–water partition coefficient (Wildman–Crippen LogP) is 23.1. The predicted molar refractivity (Wildman–Crippen MR) is 316 cm³/mol. The first-order chi connectivity index (χ1) is 39.9. The van der Waals surface area contributed by atoms with Crippen LogP contribution in [0.15, 0.2) is 212 Å². The topological polar surface area (TPSA) is 4.93 Å². The lowest BCUT2D eigenvalue weighted by Gasteiger charge is -2.27. The van der Waals surface area contributed by atoms with E-state index in [1.165, 1.54) is 109 Å². The summed E-state index contributed by atoms with van der Waals surface area (Å²) in [4.78, 5) is 0. The van der Waals surface area contributed by atoms with Crippen molar-refractivity contribution in [3.05, 3.63) is 246 Å². The van der Waals surface area contributed by atoms with Crippen LogP contribution in [-0.4, -0.2) is 4.57 Å². The van der Waals surface area contributed by atoms with E-state index in [-0.39, 0.29) is 66.5 Å². The normalized spacial score (nSPS) is 12.8. The number of fused-ring (bicyclic) bond motifs is 3. The van der Waals surface area contributed by atoms with Crippen LogP contribution in [0.3, 0.4) is 0 Å². The molecule has 0 saturated heterocycles. The van der Waals surface area contributed by atoms with Gasteiger partial charge in [-0.1, -0.05) is 163 Å². The molecular formula is C72H53F12N. The van der Waals surface area contributed by atoms with E-state index in [9.17, 15) is 52.7 Å². The summed E-state index contributed by atoms with van der Waals surface area (Å²) in [7, 11) is 0. The summed E-state index contributed by atoms with van der Waals surface area (Å²) in [6, 6.07) is 53.1. The van der Waals surface area contributed by atoms with E-state index in [1.807, 2.05) is 36.4 Å². The number of rotatable bonds is 8. The maximum atomic E-state index is 14.8. The zero-order chi connectivity index (χ0) is 60.8. The molecular weight excluding hydrogens is 1110 g/mol. The van der Waals surface area contributed by atoms with Crippen LogP contribution in [0.1, 0.15) is 74.9 Å². The van der Waals surface area contributed by atoms with Crippen LogP contribution in [0.25, 0.3) is 105 Å². The Bertz CT molecular complexity index is 3980. The van der Waals surface area contributed by atoms with Gasteiger partial charge in [0.15, 0.2) is 0 Å². The van der Waals surface area contributed by atoms with Crippen molar-refractivity contribution in [2.24, 2.45) is 0 Å². The van der Waals surface area contributed by atoms with Gasteiger partial charge in [-0.15, -0.1) is 0 Å². The van der Waals surface area contributed by atoms with Gasteiger partial charge in [-0.25, -0.2) is 0 Å². The second kappa shape index (κ2) is 21.0. The van der Waals surface area contributed by atoms with Gasteiger partial charge in [0.2, 0.25) is 0 Å². The van der Waals surface area contributed by atoms with Crippen LogP contribution in [0.5, 0.6) is 0 Å². The number of halogens is 12. The average molecular weight is 1160 g/mol. The first kappa shape index (κ1) is 58.0. The summed E-state index contributed by atoms with van der Waals surface area (Å²) in [5, 5.41) is 1.12. The molecule has 0 aliphatic heterocycles. The molecule has 0 amide bonds. The smallest absolute Gasteiger partial charge is 0.309 e. The third kappa shape index (κ3) is 11.4. The Labute approximate surface area is 483 Å². The molecule has 0 saturated carbocycles. The summed E-state index contributed by atoms with van der Waals surface area (Å²) in [6.45, 7) is 12.8. The van der Waals surface area contributed by atoms with Gasteiger partial charge in [-0.05, 0) is 185 Å². The zero-order valence-electron chi connectivity index (χ0n) is 46.7. The fraction of sp³-hybridized carbons (Fsp3) is 0.167. The standard InChI is InChI=1S/C72H53F12N/c1-67(2,3)51-37-50(38-52(41-51)68(4,5)6)57-21-11-16-26-64(57)85-65-29-27-42(44-31-46(53-17-7-12-22-60(53)69(73,74)75)35-47(32-44)54-18-8-13-23-61(54)70(76,77)78)39-58(65)59-40-43(28-30-66(59)85)45-33-48(55-19-9-14-24-62(55)71(79,80)81)36-49(34-45)56-20-10-15-25-63(56)72(82,83)84/h7-41H,1-6H3. The molecule has 430 valence electrons. The lowest BCUT2D eigenvalue weighted by Crippen LogP contribution is -2.16. The molecule has 0 unspecified atom stereocenters. The number of aromatic nitrogens is 1. The van der Waals surface area contributed by atoms with Gasteiger partial charge >= 0.3 is 24.7 Å². The molecule has 0 atom stereocenters. The van der Waals surface area contributed by atoms with E-state index in [4.69, 9.17) is 0 Å². The summed E-state index contributed by atoms with van der Waals surface area (Å²) in [5.41, 5.74) is 1.77. The van der Waals surface area contributed by atoms with E-state index in [1.54, 1.807) is 24.3 Å². The first-order valence-electron chi connectivity index (χ1n) is 27.2. The summed E-state index contributed by atoms with van der Waals surface area (Å²) in [5.74, 6) is 0. The Hall–Kier alpha value is -8.84. The zero-order valence-corrected chi connectivity index (χ0v) is 46.7. The highest BCUT2D eigenvalue weighted by atomic mass is 19.4. The molecule has 0 aliphatic carbocycles. The number of hydrogen-bond donors (Lipinski definition) is 0.